The second kappa shape index (κ2) is 5.73. The molecule has 116 valence electrons. The molecule has 0 saturated carbocycles. The third kappa shape index (κ3) is 2.64. The number of aromatic hydroxyl groups is 1. The molecule has 0 radical (unpaired) electrons. The molecule has 0 atom stereocenters. The number of rotatable bonds is 3. The van der Waals surface area contributed by atoms with Crippen molar-refractivity contribution in [3.05, 3.63) is 53.1 Å². The molecule has 1 aromatic heterocycles. The van der Waals surface area contributed by atoms with Gasteiger partial charge in [-0.15, -0.1) is 5.11 Å². The molecule has 0 unspecified atom stereocenters. The molecule has 2 aromatic carbocycles. The topological polar surface area (TPSA) is 87.2 Å². The van der Waals surface area contributed by atoms with Crippen LogP contribution in [-0.2, 0) is 7.05 Å². The summed E-state index contributed by atoms with van der Waals surface area (Å²) in [6, 6.07) is 11.7. The Bertz CT molecular complexity index is 947. The monoisotopic (exact) mass is 329 g/mol. The fourth-order valence-corrected chi connectivity index (χ4v) is 2.50. The van der Waals surface area contributed by atoms with Gasteiger partial charge < -0.3 is 14.8 Å². The maximum Gasteiger partial charge on any atom is 0.337 e. The van der Waals surface area contributed by atoms with Gasteiger partial charge in [0.25, 0.3) is 0 Å². The average Bonchev–Trinajstić information content (AvgIpc) is 2.78. The molecule has 0 saturated heterocycles. The van der Waals surface area contributed by atoms with Gasteiger partial charge in [-0.2, -0.15) is 5.11 Å². The molecule has 2 N–H and O–H groups in total. The van der Waals surface area contributed by atoms with Crippen LogP contribution in [0.25, 0.3) is 10.9 Å². The average molecular weight is 330 g/mol. The van der Waals surface area contributed by atoms with E-state index in [0.29, 0.717) is 11.4 Å². The molecule has 0 aliphatic carbocycles. The quantitative estimate of drug-likeness (QED) is 0.685. The van der Waals surface area contributed by atoms with Crippen molar-refractivity contribution in [3.8, 4) is 5.88 Å². The van der Waals surface area contributed by atoms with Gasteiger partial charge >= 0.3 is 5.97 Å². The van der Waals surface area contributed by atoms with Crippen molar-refractivity contribution in [3.63, 3.8) is 0 Å². The van der Waals surface area contributed by atoms with Crippen molar-refractivity contribution in [2.45, 2.75) is 0 Å². The summed E-state index contributed by atoms with van der Waals surface area (Å²) in [4.78, 5) is 11.1. The first-order valence-corrected chi connectivity index (χ1v) is 7.08. The Morgan fingerprint density at radius 1 is 1.17 bits per heavy atom. The van der Waals surface area contributed by atoms with E-state index >= 15 is 0 Å². The Morgan fingerprint density at radius 3 is 2.65 bits per heavy atom. The molecule has 0 aliphatic heterocycles. The van der Waals surface area contributed by atoms with Crippen LogP contribution in [0, 0.1) is 0 Å². The number of azo groups is 1. The van der Waals surface area contributed by atoms with Crippen LogP contribution in [0.15, 0.2) is 52.7 Å². The zero-order valence-electron chi connectivity index (χ0n) is 12.1. The maximum atomic E-state index is 11.1. The SMILES string of the molecule is Cn1c(O)c(N=Nc2ccc(Cl)c(C(=O)O)c2)c2ccccc21. The highest BCUT2D eigenvalue weighted by Crippen LogP contribution is 2.38. The minimum Gasteiger partial charge on any atom is -0.493 e. The molecule has 23 heavy (non-hydrogen) atoms. The predicted molar refractivity (Wildman–Crippen MR) is 87.2 cm³/mol. The van der Waals surface area contributed by atoms with Gasteiger partial charge in [0.2, 0.25) is 5.88 Å². The van der Waals surface area contributed by atoms with E-state index in [1.54, 1.807) is 17.7 Å². The zero-order valence-corrected chi connectivity index (χ0v) is 12.8. The fourth-order valence-electron chi connectivity index (χ4n) is 2.31. The van der Waals surface area contributed by atoms with Crippen LogP contribution in [-0.4, -0.2) is 20.7 Å². The Labute approximate surface area is 136 Å². The standard InChI is InChI=1S/C16H12ClN3O3/c1-20-13-5-3-2-4-10(13)14(15(20)21)19-18-9-6-7-12(17)11(8-9)16(22)23/h2-8,21H,1H3,(H,22,23). The summed E-state index contributed by atoms with van der Waals surface area (Å²) >= 11 is 5.82. The van der Waals surface area contributed by atoms with Crippen LogP contribution in [0.5, 0.6) is 5.88 Å². The van der Waals surface area contributed by atoms with Crippen LogP contribution < -0.4 is 0 Å². The number of halogens is 1. The lowest BCUT2D eigenvalue weighted by atomic mass is 10.2. The number of aromatic carboxylic acids is 1. The van der Waals surface area contributed by atoms with Gasteiger partial charge in [-0.05, 0) is 24.3 Å². The number of carboxylic acids is 1. The van der Waals surface area contributed by atoms with Crippen LogP contribution >= 0.6 is 11.6 Å². The van der Waals surface area contributed by atoms with E-state index in [-0.39, 0.29) is 16.5 Å². The summed E-state index contributed by atoms with van der Waals surface area (Å²) < 4.78 is 1.61. The van der Waals surface area contributed by atoms with E-state index < -0.39 is 5.97 Å². The lowest BCUT2D eigenvalue weighted by Gasteiger charge is -1.99. The van der Waals surface area contributed by atoms with Gasteiger partial charge in [-0.25, -0.2) is 4.79 Å². The van der Waals surface area contributed by atoms with E-state index in [0.717, 1.165) is 10.9 Å². The van der Waals surface area contributed by atoms with Crippen molar-refractivity contribution in [2.24, 2.45) is 17.3 Å². The van der Waals surface area contributed by atoms with E-state index in [1.165, 1.54) is 12.1 Å². The summed E-state index contributed by atoms with van der Waals surface area (Å²) in [5, 5.41) is 28.2. The number of benzene rings is 2. The molecule has 3 aromatic rings. The van der Waals surface area contributed by atoms with Gasteiger partial charge in [0.05, 0.1) is 21.8 Å². The largest absolute Gasteiger partial charge is 0.493 e. The van der Waals surface area contributed by atoms with Crippen LogP contribution in [0.1, 0.15) is 10.4 Å². The molecule has 0 bridgehead atoms. The number of nitrogens with zero attached hydrogens (tertiary/aromatic N) is 3. The second-order valence-corrected chi connectivity index (χ2v) is 5.32. The summed E-state index contributed by atoms with van der Waals surface area (Å²) in [6.07, 6.45) is 0. The highest BCUT2D eigenvalue weighted by atomic mass is 35.5. The van der Waals surface area contributed by atoms with Crippen molar-refractivity contribution in [1.82, 2.24) is 4.57 Å². The number of fused-ring (bicyclic) bond motifs is 1. The smallest absolute Gasteiger partial charge is 0.337 e. The fraction of sp³-hybridized carbons (Fsp3) is 0.0625. The number of aryl methyl sites for hydroxylation is 1. The van der Waals surface area contributed by atoms with E-state index in [9.17, 15) is 9.90 Å². The first kappa shape index (κ1) is 15.1. The molecular weight excluding hydrogens is 318 g/mol. The maximum absolute atomic E-state index is 11.1. The lowest BCUT2D eigenvalue weighted by Crippen LogP contribution is -1.96. The van der Waals surface area contributed by atoms with Gasteiger partial charge in [-0.3, -0.25) is 0 Å². The summed E-state index contributed by atoms with van der Waals surface area (Å²) in [5.41, 5.74) is 1.43. The van der Waals surface area contributed by atoms with Crippen LogP contribution in [0.4, 0.5) is 11.4 Å². The molecular formula is C16H12ClN3O3. The Morgan fingerprint density at radius 2 is 1.91 bits per heavy atom. The molecule has 6 nitrogen and oxygen atoms in total. The normalized spacial score (nSPS) is 11.4. The van der Waals surface area contributed by atoms with Crippen molar-refractivity contribution >= 4 is 39.8 Å². The number of hydrogen-bond acceptors (Lipinski definition) is 4. The van der Waals surface area contributed by atoms with Crippen molar-refractivity contribution in [1.29, 1.82) is 0 Å². The summed E-state index contributed by atoms with van der Waals surface area (Å²) in [6.45, 7) is 0. The Hall–Kier alpha value is -2.86. The van der Waals surface area contributed by atoms with E-state index in [1.807, 2.05) is 24.3 Å². The van der Waals surface area contributed by atoms with Crippen LogP contribution in [0.2, 0.25) is 5.02 Å². The van der Waals surface area contributed by atoms with E-state index in [2.05, 4.69) is 10.2 Å². The Kier molecular flexibility index (Phi) is 3.75. The van der Waals surface area contributed by atoms with Gasteiger partial charge in [-0.1, -0.05) is 29.8 Å². The molecule has 0 fully saturated rings. The highest BCUT2D eigenvalue weighted by molar-refractivity contribution is 6.33. The highest BCUT2D eigenvalue weighted by Gasteiger charge is 2.14. The van der Waals surface area contributed by atoms with Crippen LogP contribution in [0.3, 0.4) is 0 Å². The van der Waals surface area contributed by atoms with Crippen molar-refractivity contribution < 1.29 is 15.0 Å². The first-order chi connectivity index (χ1) is 11.0. The van der Waals surface area contributed by atoms with E-state index in [4.69, 9.17) is 16.7 Å². The van der Waals surface area contributed by atoms with Gasteiger partial charge in [0.1, 0.15) is 0 Å². The predicted octanol–water partition coefficient (Wildman–Crippen LogP) is 4.65. The number of hydrogen-bond donors (Lipinski definition) is 2. The third-order valence-electron chi connectivity index (χ3n) is 3.50. The minimum absolute atomic E-state index is 0.0117. The van der Waals surface area contributed by atoms with Gasteiger partial charge in [0.15, 0.2) is 5.69 Å². The first-order valence-electron chi connectivity index (χ1n) is 6.70. The Balaban J connectivity index is 2.06. The number of carboxylic acid groups (broad SMARTS) is 1. The molecule has 7 heteroatoms. The molecule has 0 aliphatic rings. The zero-order chi connectivity index (χ0) is 16.6. The van der Waals surface area contributed by atoms with Crippen molar-refractivity contribution in [2.75, 3.05) is 0 Å². The molecule has 1 heterocycles. The number of aromatic nitrogens is 1. The molecule has 3 rings (SSSR count). The summed E-state index contributed by atoms with van der Waals surface area (Å²) in [7, 11) is 1.72. The third-order valence-corrected chi connectivity index (χ3v) is 3.83. The molecule has 0 amide bonds. The molecule has 0 spiro atoms. The summed E-state index contributed by atoms with van der Waals surface area (Å²) in [5.74, 6) is -1.15. The number of carbonyl (C=O) groups is 1. The second-order valence-electron chi connectivity index (χ2n) is 4.92. The van der Waals surface area contributed by atoms with Gasteiger partial charge in [0, 0.05) is 12.4 Å². The number of para-hydroxylation sites is 1. The lowest BCUT2D eigenvalue weighted by molar-refractivity contribution is 0.0697. The minimum atomic E-state index is -1.14.